The van der Waals surface area contributed by atoms with E-state index in [1.165, 1.54) is 6.26 Å². The van der Waals surface area contributed by atoms with Gasteiger partial charge in [0.15, 0.2) is 9.84 Å². The fourth-order valence-corrected chi connectivity index (χ4v) is 3.38. The summed E-state index contributed by atoms with van der Waals surface area (Å²) in [6.45, 7) is 0. The van der Waals surface area contributed by atoms with Crippen molar-refractivity contribution < 1.29 is 17.9 Å². The molecule has 0 aromatic carbocycles. The Morgan fingerprint density at radius 2 is 2.31 bits per heavy atom. The summed E-state index contributed by atoms with van der Waals surface area (Å²) < 4.78 is 27.3. The molecule has 1 atom stereocenters. The monoisotopic (exact) mass is 202 g/mol. The molecule has 0 bridgehead atoms. The number of hydrogen-bond donors (Lipinski definition) is 1. The molecular formula is C8H10O4S. The number of furan rings is 1. The summed E-state index contributed by atoms with van der Waals surface area (Å²) in [5, 5.41) is 9.91. The maximum Gasteiger partial charge on any atom is 0.153 e. The average molecular weight is 202 g/mol. The van der Waals surface area contributed by atoms with E-state index in [0.29, 0.717) is 5.76 Å². The molecule has 2 rings (SSSR count). The van der Waals surface area contributed by atoms with Crippen LogP contribution in [0, 0.1) is 0 Å². The van der Waals surface area contributed by atoms with Gasteiger partial charge >= 0.3 is 0 Å². The van der Waals surface area contributed by atoms with Gasteiger partial charge in [-0.3, -0.25) is 0 Å². The van der Waals surface area contributed by atoms with Gasteiger partial charge in [-0.25, -0.2) is 8.42 Å². The highest BCUT2D eigenvalue weighted by atomic mass is 32.2. The second kappa shape index (κ2) is 2.59. The van der Waals surface area contributed by atoms with Gasteiger partial charge in [-0.2, -0.15) is 0 Å². The van der Waals surface area contributed by atoms with Gasteiger partial charge < -0.3 is 9.52 Å². The van der Waals surface area contributed by atoms with Gasteiger partial charge in [-0.1, -0.05) is 0 Å². The highest BCUT2D eigenvalue weighted by Crippen LogP contribution is 2.33. The zero-order valence-corrected chi connectivity index (χ0v) is 7.75. The zero-order chi connectivity index (χ0) is 9.53. The van der Waals surface area contributed by atoms with Crippen LogP contribution in [-0.2, 0) is 15.4 Å². The molecule has 0 aliphatic carbocycles. The lowest BCUT2D eigenvalue weighted by molar-refractivity contribution is 0.0417. The quantitative estimate of drug-likeness (QED) is 0.710. The highest BCUT2D eigenvalue weighted by molar-refractivity contribution is 7.91. The fourth-order valence-electron chi connectivity index (χ4n) is 1.57. The summed E-state index contributed by atoms with van der Waals surface area (Å²) in [5.74, 6) is 0.145. The van der Waals surface area contributed by atoms with Gasteiger partial charge in [0.2, 0.25) is 0 Å². The molecule has 1 aliphatic rings. The largest absolute Gasteiger partial charge is 0.466 e. The molecule has 13 heavy (non-hydrogen) atoms. The lowest BCUT2D eigenvalue weighted by atomic mass is 10.0. The van der Waals surface area contributed by atoms with Crippen LogP contribution in [0.4, 0.5) is 0 Å². The van der Waals surface area contributed by atoms with Crippen LogP contribution in [0.15, 0.2) is 22.8 Å². The van der Waals surface area contributed by atoms with E-state index in [2.05, 4.69) is 0 Å². The molecule has 1 aromatic rings. The van der Waals surface area contributed by atoms with Crippen molar-refractivity contribution in [3.8, 4) is 0 Å². The van der Waals surface area contributed by atoms with Crippen LogP contribution in [0.1, 0.15) is 12.2 Å². The average Bonchev–Trinajstić information content (AvgIpc) is 2.58. The summed E-state index contributed by atoms with van der Waals surface area (Å²) in [7, 11) is -3.09. The molecule has 0 amide bonds. The van der Waals surface area contributed by atoms with E-state index in [1.807, 2.05) is 0 Å². The molecule has 0 saturated carbocycles. The van der Waals surface area contributed by atoms with Crippen LogP contribution >= 0.6 is 0 Å². The standard InChI is InChI=1S/C8H10O4S/c9-8(7-2-1-4-12-7)3-5-13(10,11)6-8/h1-2,4,9H,3,5-6H2. The summed E-state index contributed by atoms with van der Waals surface area (Å²) in [5.41, 5.74) is -1.30. The Morgan fingerprint density at radius 1 is 1.54 bits per heavy atom. The van der Waals surface area contributed by atoms with E-state index in [4.69, 9.17) is 4.42 Å². The van der Waals surface area contributed by atoms with Crippen LogP contribution in [-0.4, -0.2) is 25.0 Å². The van der Waals surface area contributed by atoms with Crippen LogP contribution in [0.25, 0.3) is 0 Å². The minimum Gasteiger partial charge on any atom is -0.466 e. The van der Waals surface area contributed by atoms with Gasteiger partial charge in [0.05, 0.1) is 17.8 Å². The molecule has 2 heterocycles. The summed E-state index contributed by atoms with van der Waals surface area (Å²) in [6.07, 6.45) is 1.65. The Morgan fingerprint density at radius 3 is 2.77 bits per heavy atom. The predicted octanol–water partition coefficient (Wildman–Crippen LogP) is 0.286. The van der Waals surface area contributed by atoms with Crippen LogP contribution in [0.5, 0.6) is 0 Å². The topological polar surface area (TPSA) is 67.5 Å². The Bertz CT molecular complexity index is 392. The van der Waals surface area contributed by atoms with Crippen molar-refractivity contribution in [3.63, 3.8) is 0 Å². The van der Waals surface area contributed by atoms with Gasteiger partial charge in [-0.05, 0) is 18.6 Å². The number of hydrogen-bond acceptors (Lipinski definition) is 4. The first-order chi connectivity index (χ1) is 6.02. The second-order valence-electron chi connectivity index (χ2n) is 3.35. The minimum atomic E-state index is -3.09. The van der Waals surface area contributed by atoms with E-state index in [1.54, 1.807) is 12.1 Å². The van der Waals surface area contributed by atoms with E-state index >= 15 is 0 Å². The van der Waals surface area contributed by atoms with Crippen LogP contribution < -0.4 is 0 Å². The third-order valence-electron chi connectivity index (χ3n) is 2.27. The first-order valence-corrected chi connectivity index (χ1v) is 5.81. The molecule has 1 fully saturated rings. The summed E-state index contributed by atoms with van der Waals surface area (Å²) in [6, 6.07) is 3.24. The van der Waals surface area contributed by atoms with Crippen LogP contribution in [0.3, 0.4) is 0 Å². The van der Waals surface area contributed by atoms with Gasteiger partial charge in [-0.15, -0.1) is 0 Å². The molecule has 4 nitrogen and oxygen atoms in total. The summed E-state index contributed by atoms with van der Waals surface area (Å²) in [4.78, 5) is 0. The number of aliphatic hydroxyl groups is 1. The van der Waals surface area contributed by atoms with Gasteiger partial charge in [0.25, 0.3) is 0 Å². The van der Waals surface area contributed by atoms with E-state index in [-0.39, 0.29) is 17.9 Å². The minimum absolute atomic E-state index is 0.0319. The molecule has 1 N–H and O–H groups in total. The third-order valence-corrected chi connectivity index (χ3v) is 4.01. The molecule has 1 aliphatic heterocycles. The van der Waals surface area contributed by atoms with Gasteiger partial charge in [0, 0.05) is 0 Å². The van der Waals surface area contributed by atoms with Crippen molar-refractivity contribution in [1.82, 2.24) is 0 Å². The first kappa shape index (κ1) is 8.77. The molecule has 72 valence electrons. The maximum absolute atomic E-state index is 11.1. The molecular weight excluding hydrogens is 192 g/mol. The van der Waals surface area contributed by atoms with Crippen LogP contribution in [0.2, 0.25) is 0 Å². The van der Waals surface area contributed by atoms with E-state index in [0.717, 1.165) is 0 Å². The fraction of sp³-hybridized carbons (Fsp3) is 0.500. The summed E-state index contributed by atoms with van der Waals surface area (Å²) >= 11 is 0. The van der Waals surface area contributed by atoms with E-state index in [9.17, 15) is 13.5 Å². The molecule has 1 saturated heterocycles. The smallest absolute Gasteiger partial charge is 0.153 e. The lowest BCUT2D eigenvalue weighted by Gasteiger charge is -2.16. The lowest BCUT2D eigenvalue weighted by Crippen LogP contribution is -2.26. The van der Waals surface area contributed by atoms with Gasteiger partial charge in [0.1, 0.15) is 11.4 Å². The predicted molar refractivity (Wildman–Crippen MR) is 45.9 cm³/mol. The van der Waals surface area contributed by atoms with E-state index < -0.39 is 15.4 Å². The SMILES string of the molecule is O=S1(=O)CCC(O)(c2ccco2)C1. The molecule has 0 radical (unpaired) electrons. The zero-order valence-electron chi connectivity index (χ0n) is 6.93. The first-order valence-electron chi connectivity index (χ1n) is 3.99. The van der Waals surface area contributed by atoms with Crippen molar-refractivity contribution in [2.24, 2.45) is 0 Å². The third kappa shape index (κ3) is 1.49. The van der Waals surface area contributed by atoms with Crippen molar-refractivity contribution in [2.75, 3.05) is 11.5 Å². The number of rotatable bonds is 1. The second-order valence-corrected chi connectivity index (χ2v) is 5.53. The normalized spacial score (nSPS) is 32.1. The Labute approximate surface area is 76.1 Å². The van der Waals surface area contributed by atoms with Crippen molar-refractivity contribution in [2.45, 2.75) is 12.0 Å². The maximum atomic E-state index is 11.1. The van der Waals surface area contributed by atoms with Crippen molar-refractivity contribution >= 4 is 9.84 Å². The highest BCUT2D eigenvalue weighted by Gasteiger charge is 2.43. The Balaban J connectivity index is 2.35. The van der Waals surface area contributed by atoms with Crippen molar-refractivity contribution in [3.05, 3.63) is 24.2 Å². The molecule has 1 aromatic heterocycles. The molecule has 0 spiro atoms. The Kier molecular flexibility index (Phi) is 1.75. The Hall–Kier alpha value is -0.810. The van der Waals surface area contributed by atoms with Crippen molar-refractivity contribution in [1.29, 1.82) is 0 Å². The molecule has 5 heteroatoms. The molecule has 1 unspecified atom stereocenters. The number of sulfone groups is 1.